The minimum absolute atomic E-state index is 0.456. The normalized spacial score (nSPS) is 11.1. The van der Waals surface area contributed by atoms with Crippen molar-refractivity contribution in [1.82, 2.24) is 15.3 Å². The highest BCUT2D eigenvalue weighted by Gasteiger charge is 2.08. The second kappa shape index (κ2) is 6.43. The summed E-state index contributed by atoms with van der Waals surface area (Å²) in [6.07, 6.45) is 4.94. The van der Waals surface area contributed by atoms with E-state index < -0.39 is 0 Å². The number of hydrogen-bond donors (Lipinski definition) is 1. The highest BCUT2D eigenvalue weighted by molar-refractivity contribution is 7.80. The van der Waals surface area contributed by atoms with Crippen molar-refractivity contribution in [2.75, 3.05) is 0 Å². The van der Waals surface area contributed by atoms with Gasteiger partial charge >= 0.3 is 0 Å². The van der Waals surface area contributed by atoms with Crippen molar-refractivity contribution in [3.05, 3.63) is 65.6 Å². The minimum atomic E-state index is 0.456. The maximum atomic E-state index is 9.34. The molecule has 2 aromatic heterocycles. The van der Waals surface area contributed by atoms with E-state index in [9.17, 15) is 5.26 Å². The number of nitrogens with one attached hydrogen (secondary N) is 1. The fourth-order valence-corrected chi connectivity index (χ4v) is 2.98. The van der Waals surface area contributed by atoms with E-state index in [0.717, 1.165) is 15.8 Å². The number of nitrogens with zero attached hydrogens (tertiary/aromatic N) is 3. The van der Waals surface area contributed by atoms with Crippen LogP contribution >= 0.6 is 23.6 Å². The van der Waals surface area contributed by atoms with Crippen LogP contribution in [-0.4, -0.2) is 15.0 Å². The summed E-state index contributed by atoms with van der Waals surface area (Å²) in [6, 6.07) is 13.6. The number of aromatic nitrogens is 2. The second-order valence-corrected chi connectivity index (χ2v) is 5.80. The van der Waals surface area contributed by atoms with Crippen molar-refractivity contribution < 1.29 is 0 Å². The van der Waals surface area contributed by atoms with Gasteiger partial charge in [-0.2, -0.15) is 5.26 Å². The number of rotatable bonds is 3. The summed E-state index contributed by atoms with van der Waals surface area (Å²) >= 11 is 6.77. The SMILES string of the molecule is N#C/C(=C/NC(=S)c1ccncc1)c1nc2ccccc2s1. The average molecular weight is 322 g/mol. The first-order valence-corrected chi connectivity index (χ1v) is 7.67. The number of fused-ring (bicyclic) bond motifs is 1. The number of benzene rings is 1. The Kier molecular flexibility index (Phi) is 4.19. The molecule has 0 spiro atoms. The first-order chi connectivity index (χ1) is 10.8. The third-order valence-corrected chi connectivity index (χ3v) is 4.36. The summed E-state index contributed by atoms with van der Waals surface area (Å²) in [7, 11) is 0. The molecule has 4 nitrogen and oxygen atoms in total. The molecule has 0 amide bonds. The Hall–Kier alpha value is -2.62. The number of para-hydroxylation sites is 1. The number of allylic oxidation sites excluding steroid dienone is 1. The molecule has 0 radical (unpaired) electrons. The summed E-state index contributed by atoms with van der Waals surface area (Å²) in [6.45, 7) is 0. The van der Waals surface area contributed by atoms with Crippen molar-refractivity contribution >= 4 is 44.3 Å². The van der Waals surface area contributed by atoms with Gasteiger partial charge in [0.25, 0.3) is 0 Å². The lowest BCUT2D eigenvalue weighted by atomic mass is 10.2. The zero-order chi connectivity index (χ0) is 15.4. The molecule has 2 heterocycles. The Morgan fingerprint density at radius 2 is 2.00 bits per heavy atom. The molecule has 0 atom stereocenters. The topological polar surface area (TPSA) is 61.6 Å². The standard InChI is InChI=1S/C16H10N4S2/c17-9-12(10-19-15(21)11-5-7-18-8-6-11)16-20-13-3-1-2-4-14(13)22-16/h1-8,10H,(H,19,21)/b12-10-. The van der Waals surface area contributed by atoms with Crippen LogP contribution in [0, 0.1) is 11.3 Å². The van der Waals surface area contributed by atoms with Crippen LogP contribution < -0.4 is 5.32 Å². The Morgan fingerprint density at radius 3 is 2.73 bits per heavy atom. The molecule has 1 aromatic carbocycles. The van der Waals surface area contributed by atoms with Gasteiger partial charge in [0, 0.05) is 24.2 Å². The minimum Gasteiger partial charge on any atom is -0.351 e. The van der Waals surface area contributed by atoms with E-state index >= 15 is 0 Å². The van der Waals surface area contributed by atoms with Gasteiger partial charge < -0.3 is 5.32 Å². The molecular formula is C16H10N4S2. The second-order valence-electron chi connectivity index (χ2n) is 4.37. The van der Waals surface area contributed by atoms with Gasteiger partial charge in [0.15, 0.2) is 0 Å². The molecule has 0 fully saturated rings. The lowest BCUT2D eigenvalue weighted by Crippen LogP contribution is -2.16. The quantitative estimate of drug-likeness (QED) is 0.590. The molecule has 106 valence electrons. The maximum absolute atomic E-state index is 9.34. The predicted molar refractivity (Wildman–Crippen MR) is 92.3 cm³/mol. The average Bonchev–Trinajstić information content (AvgIpc) is 3.00. The van der Waals surface area contributed by atoms with Gasteiger partial charge in [-0.1, -0.05) is 24.4 Å². The van der Waals surface area contributed by atoms with E-state index in [1.165, 1.54) is 11.3 Å². The highest BCUT2D eigenvalue weighted by atomic mass is 32.1. The molecule has 0 aliphatic carbocycles. The lowest BCUT2D eigenvalue weighted by Gasteiger charge is -2.03. The molecule has 0 bridgehead atoms. The Morgan fingerprint density at radius 1 is 1.23 bits per heavy atom. The van der Waals surface area contributed by atoms with Gasteiger partial charge in [-0.05, 0) is 24.3 Å². The third kappa shape index (κ3) is 3.01. The smallest absolute Gasteiger partial charge is 0.136 e. The first-order valence-electron chi connectivity index (χ1n) is 6.45. The summed E-state index contributed by atoms with van der Waals surface area (Å²) < 4.78 is 1.05. The summed E-state index contributed by atoms with van der Waals surface area (Å²) in [5.41, 5.74) is 2.20. The number of hydrogen-bond acceptors (Lipinski definition) is 5. The van der Waals surface area contributed by atoms with Gasteiger partial charge in [-0.15, -0.1) is 11.3 Å². The molecule has 0 aliphatic rings. The zero-order valence-electron chi connectivity index (χ0n) is 11.4. The van der Waals surface area contributed by atoms with E-state index in [0.29, 0.717) is 15.6 Å². The third-order valence-electron chi connectivity index (χ3n) is 2.93. The van der Waals surface area contributed by atoms with Crippen molar-refractivity contribution in [2.24, 2.45) is 0 Å². The molecule has 0 saturated carbocycles. The molecular weight excluding hydrogens is 312 g/mol. The van der Waals surface area contributed by atoms with Crippen LogP contribution in [0.15, 0.2) is 55.0 Å². The molecule has 6 heteroatoms. The van der Waals surface area contributed by atoms with Crippen LogP contribution in [0.4, 0.5) is 0 Å². The number of thiazole rings is 1. The van der Waals surface area contributed by atoms with Crippen molar-refractivity contribution in [3.8, 4) is 6.07 Å². The lowest BCUT2D eigenvalue weighted by molar-refractivity contribution is 1.27. The largest absolute Gasteiger partial charge is 0.351 e. The monoisotopic (exact) mass is 322 g/mol. The molecule has 3 rings (SSSR count). The molecule has 22 heavy (non-hydrogen) atoms. The summed E-state index contributed by atoms with van der Waals surface area (Å²) in [5, 5.41) is 13.0. The van der Waals surface area contributed by atoms with E-state index in [1.807, 2.05) is 36.4 Å². The Balaban J connectivity index is 1.85. The number of nitriles is 1. The highest BCUT2D eigenvalue weighted by Crippen LogP contribution is 2.26. The van der Waals surface area contributed by atoms with Crippen molar-refractivity contribution in [1.29, 1.82) is 5.26 Å². The molecule has 0 saturated heterocycles. The summed E-state index contributed by atoms with van der Waals surface area (Å²) in [5.74, 6) is 0. The van der Waals surface area contributed by atoms with Crippen LogP contribution in [0.2, 0.25) is 0 Å². The van der Waals surface area contributed by atoms with E-state index in [2.05, 4.69) is 21.4 Å². The van der Waals surface area contributed by atoms with Gasteiger partial charge in [0.1, 0.15) is 21.6 Å². The van der Waals surface area contributed by atoms with E-state index in [1.54, 1.807) is 18.6 Å². The van der Waals surface area contributed by atoms with Crippen LogP contribution in [-0.2, 0) is 0 Å². The zero-order valence-corrected chi connectivity index (χ0v) is 13.0. The van der Waals surface area contributed by atoms with E-state index in [4.69, 9.17) is 12.2 Å². The van der Waals surface area contributed by atoms with Crippen LogP contribution in [0.25, 0.3) is 15.8 Å². The molecule has 0 aliphatic heterocycles. The fourth-order valence-electron chi connectivity index (χ4n) is 1.85. The van der Waals surface area contributed by atoms with Gasteiger partial charge in [-0.25, -0.2) is 4.98 Å². The number of pyridine rings is 1. The maximum Gasteiger partial charge on any atom is 0.136 e. The molecule has 3 aromatic rings. The first kappa shape index (κ1) is 14.3. The predicted octanol–water partition coefficient (Wildman–Crippen LogP) is 3.52. The van der Waals surface area contributed by atoms with Crippen LogP contribution in [0.1, 0.15) is 10.6 Å². The molecule has 1 N–H and O–H groups in total. The Bertz CT molecular complexity index is 858. The fraction of sp³-hybridized carbons (Fsp3) is 0. The van der Waals surface area contributed by atoms with Crippen LogP contribution in [0.5, 0.6) is 0 Å². The van der Waals surface area contributed by atoms with E-state index in [-0.39, 0.29) is 0 Å². The van der Waals surface area contributed by atoms with Gasteiger partial charge in [0.2, 0.25) is 0 Å². The summed E-state index contributed by atoms with van der Waals surface area (Å²) in [4.78, 5) is 8.95. The number of thiocarbonyl (C=S) groups is 1. The van der Waals surface area contributed by atoms with Gasteiger partial charge in [0.05, 0.1) is 10.2 Å². The van der Waals surface area contributed by atoms with Crippen molar-refractivity contribution in [2.45, 2.75) is 0 Å². The Labute approximate surface area is 136 Å². The van der Waals surface area contributed by atoms with Crippen LogP contribution in [0.3, 0.4) is 0 Å². The molecule has 0 unspecified atom stereocenters. The van der Waals surface area contributed by atoms with Gasteiger partial charge in [-0.3, -0.25) is 4.98 Å². The van der Waals surface area contributed by atoms with Crippen molar-refractivity contribution in [3.63, 3.8) is 0 Å².